The van der Waals surface area contributed by atoms with Gasteiger partial charge in [0.05, 0.1) is 12.6 Å². The van der Waals surface area contributed by atoms with Crippen molar-refractivity contribution in [3.05, 3.63) is 48.5 Å². The molecule has 2 rings (SSSR count). The molecule has 3 N–H and O–H groups in total. The third-order valence-electron chi connectivity index (χ3n) is 3.59. The van der Waals surface area contributed by atoms with Gasteiger partial charge in [-0.25, -0.2) is 0 Å². The van der Waals surface area contributed by atoms with E-state index in [2.05, 4.69) is 16.0 Å². The van der Waals surface area contributed by atoms with E-state index in [4.69, 9.17) is 4.74 Å². The van der Waals surface area contributed by atoms with Gasteiger partial charge in [0, 0.05) is 23.5 Å². The maximum absolute atomic E-state index is 12.1. The van der Waals surface area contributed by atoms with Crippen LogP contribution in [-0.2, 0) is 9.59 Å². The van der Waals surface area contributed by atoms with Crippen LogP contribution in [0.3, 0.4) is 0 Å². The van der Waals surface area contributed by atoms with Crippen LogP contribution in [0.2, 0.25) is 0 Å². The molecular weight excluding hydrogens is 342 g/mol. The second kappa shape index (κ2) is 10.2. The minimum Gasteiger partial charge on any atom is -0.491 e. The predicted octanol–water partition coefficient (Wildman–Crippen LogP) is 4.26. The largest absolute Gasteiger partial charge is 0.491 e. The van der Waals surface area contributed by atoms with Crippen LogP contribution in [-0.4, -0.2) is 24.5 Å². The van der Waals surface area contributed by atoms with E-state index in [0.29, 0.717) is 17.8 Å². The Hall–Kier alpha value is -3.02. The Kier molecular flexibility index (Phi) is 7.67. The molecule has 0 saturated carbocycles. The van der Waals surface area contributed by atoms with Crippen LogP contribution in [0.1, 0.15) is 33.6 Å². The van der Waals surface area contributed by atoms with Gasteiger partial charge in [-0.3, -0.25) is 9.59 Å². The van der Waals surface area contributed by atoms with Gasteiger partial charge in [0.2, 0.25) is 11.8 Å². The molecule has 0 bridgehead atoms. The van der Waals surface area contributed by atoms with Crippen molar-refractivity contribution in [1.82, 2.24) is 0 Å². The monoisotopic (exact) mass is 369 g/mol. The molecule has 0 aliphatic carbocycles. The number of ether oxygens (including phenoxy) is 1. The molecule has 6 heteroatoms. The van der Waals surface area contributed by atoms with Crippen LogP contribution in [0.25, 0.3) is 0 Å². The smallest absolute Gasteiger partial charge is 0.243 e. The fourth-order valence-corrected chi connectivity index (χ4v) is 2.43. The molecule has 27 heavy (non-hydrogen) atoms. The third kappa shape index (κ3) is 7.40. The highest BCUT2D eigenvalue weighted by atomic mass is 16.5. The molecule has 0 fully saturated rings. The van der Waals surface area contributed by atoms with Crippen LogP contribution in [0.5, 0.6) is 5.75 Å². The number of rotatable bonds is 9. The van der Waals surface area contributed by atoms with Gasteiger partial charge >= 0.3 is 0 Å². The zero-order chi connectivity index (χ0) is 19.6. The van der Waals surface area contributed by atoms with Crippen molar-refractivity contribution in [3.63, 3.8) is 0 Å². The zero-order valence-corrected chi connectivity index (χ0v) is 16.0. The Labute approximate surface area is 160 Å². The first-order chi connectivity index (χ1) is 13.0. The van der Waals surface area contributed by atoms with Crippen LogP contribution in [0.4, 0.5) is 17.1 Å². The number of hydrogen-bond donors (Lipinski definition) is 3. The maximum atomic E-state index is 12.1. The summed E-state index contributed by atoms with van der Waals surface area (Å²) in [6.45, 7) is 6.01. The van der Waals surface area contributed by atoms with E-state index in [-0.39, 0.29) is 24.5 Å². The summed E-state index contributed by atoms with van der Waals surface area (Å²) in [6.07, 6.45) is 1.40. The minimum absolute atomic E-state index is 0.0164. The SMILES string of the molecule is CCCC(=O)Nc1cccc(NCC(=O)Nc2ccc(OC(C)C)cc2)c1. The summed E-state index contributed by atoms with van der Waals surface area (Å²) in [5.41, 5.74) is 2.18. The van der Waals surface area contributed by atoms with Crippen molar-refractivity contribution in [2.24, 2.45) is 0 Å². The van der Waals surface area contributed by atoms with Gasteiger partial charge in [-0.1, -0.05) is 13.0 Å². The normalized spacial score (nSPS) is 10.4. The maximum Gasteiger partial charge on any atom is 0.243 e. The minimum atomic E-state index is -0.159. The fourth-order valence-electron chi connectivity index (χ4n) is 2.43. The highest BCUT2D eigenvalue weighted by molar-refractivity contribution is 5.94. The molecule has 0 saturated heterocycles. The lowest BCUT2D eigenvalue weighted by atomic mass is 10.2. The molecule has 0 radical (unpaired) electrons. The van der Waals surface area contributed by atoms with Gasteiger partial charge in [0.1, 0.15) is 5.75 Å². The van der Waals surface area contributed by atoms with E-state index >= 15 is 0 Å². The van der Waals surface area contributed by atoms with Crippen LogP contribution in [0.15, 0.2) is 48.5 Å². The molecule has 0 atom stereocenters. The van der Waals surface area contributed by atoms with Crippen molar-refractivity contribution in [2.45, 2.75) is 39.7 Å². The molecular formula is C21H27N3O3. The van der Waals surface area contributed by atoms with E-state index in [1.807, 2.05) is 51.1 Å². The van der Waals surface area contributed by atoms with Gasteiger partial charge in [-0.05, 0) is 62.7 Å². The molecule has 6 nitrogen and oxygen atoms in total. The number of benzene rings is 2. The molecule has 0 spiro atoms. The number of hydrogen-bond acceptors (Lipinski definition) is 4. The Balaban J connectivity index is 1.83. The Morgan fingerprint density at radius 2 is 1.59 bits per heavy atom. The van der Waals surface area contributed by atoms with Gasteiger partial charge in [0.25, 0.3) is 0 Å². The third-order valence-corrected chi connectivity index (χ3v) is 3.59. The summed E-state index contributed by atoms with van der Waals surface area (Å²) < 4.78 is 5.58. The van der Waals surface area contributed by atoms with E-state index in [9.17, 15) is 9.59 Å². The van der Waals surface area contributed by atoms with Crippen molar-refractivity contribution in [3.8, 4) is 5.75 Å². The van der Waals surface area contributed by atoms with Crippen molar-refractivity contribution < 1.29 is 14.3 Å². The van der Waals surface area contributed by atoms with Gasteiger partial charge in [-0.2, -0.15) is 0 Å². The van der Waals surface area contributed by atoms with E-state index < -0.39 is 0 Å². The molecule has 0 aliphatic heterocycles. The number of anilines is 3. The van der Waals surface area contributed by atoms with E-state index in [1.54, 1.807) is 18.2 Å². The Morgan fingerprint density at radius 1 is 0.926 bits per heavy atom. The second-order valence-electron chi connectivity index (χ2n) is 6.47. The van der Waals surface area contributed by atoms with Gasteiger partial charge in [0.15, 0.2) is 0 Å². The number of amides is 2. The average Bonchev–Trinajstić information content (AvgIpc) is 2.62. The zero-order valence-electron chi connectivity index (χ0n) is 16.0. The van der Waals surface area contributed by atoms with Crippen LogP contribution >= 0.6 is 0 Å². The fraction of sp³-hybridized carbons (Fsp3) is 0.333. The predicted molar refractivity (Wildman–Crippen MR) is 109 cm³/mol. The van der Waals surface area contributed by atoms with Crippen molar-refractivity contribution in [2.75, 3.05) is 22.5 Å². The first kappa shape index (κ1) is 20.3. The molecule has 0 aromatic heterocycles. The molecule has 2 aromatic carbocycles. The highest BCUT2D eigenvalue weighted by Gasteiger charge is 2.05. The summed E-state index contributed by atoms with van der Waals surface area (Å²) in [4.78, 5) is 23.8. The summed E-state index contributed by atoms with van der Waals surface area (Å²) in [6, 6.07) is 14.6. The molecule has 2 amide bonds. The van der Waals surface area contributed by atoms with Crippen molar-refractivity contribution in [1.29, 1.82) is 0 Å². The summed E-state index contributed by atoms with van der Waals surface area (Å²) >= 11 is 0. The first-order valence-corrected chi connectivity index (χ1v) is 9.16. The topological polar surface area (TPSA) is 79.5 Å². The van der Waals surface area contributed by atoms with Crippen LogP contribution < -0.4 is 20.7 Å². The lowest BCUT2D eigenvalue weighted by molar-refractivity contribution is -0.116. The standard InChI is InChI=1S/C21H27N3O3/c1-4-6-20(25)24-18-8-5-7-17(13-18)22-14-21(26)23-16-9-11-19(12-10-16)27-15(2)3/h5,7-13,15,22H,4,6,14H2,1-3H3,(H,23,26)(H,24,25). The number of carbonyl (C=O) groups is 2. The van der Waals surface area contributed by atoms with Crippen LogP contribution in [0, 0.1) is 0 Å². The quantitative estimate of drug-likeness (QED) is 0.617. The Bertz CT molecular complexity index is 758. The van der Waals surface area contributed by atoms with E-state index in [1.165, 1.54) is 0 Å². The second-order valence-corrected chi connectivity index (χ2v) is 6.47. The molecule has 0 heterocycles. The van der Waals surface area contributed by atoms with E-state index in [0.717, 1.165) is 17.9 Å². The average molecular weight is 369 g/mol. The van der Waals surface area contributed by atoms with Gasteiger partial charge in [-0.15, -0.1) is 0 Å². The lowest BCUT2D eigenvalue weighted by Gasteiger charge is -2.12. The molecule has 0 unspecified atom stereocenters. The lowest BCUT2D eigenvalue weighted by Crippen LogP contribution is -2.21. The molecule has 144 valence electrons. The molecule has 0 aliphatic rings. The van der Waals surface area contributed by atoms with Crippen molar-refractivity contribution >= 4 is 28.9 Å². The Morgan fingerprint density at radius 3 is 2.26 bits per heavy atom. The highest BCUT2D eigenvalue weighted by Crippen LogP contribution is 2.18. The molecule has 2 aromatic rings. The van der Waals surface area contributed by atoms with Gasteiger partial charge < -0.3 is 20.7 Å². The first-order valence-electron chi connectivity index (χ1n) is 9.16. The summed E-state index contributed by atoms with van der Waals surface area (Å²) in [7, 11) is 0. The summed E-state index contributed by atoms with van der Waals surface area (Å²) in [5.74, 6) is 0.591. The number of nitrogens with one attached hydrogen (secondary N) is 3. The summed E-state index contributed by atoms with van der Waals surface area (Å²) in [5, 5.41) is 8.73. The number of carbonyl (C=O) groups excluding carboxylic acids is 2.